The Kier molecular flexibility index (Phi) is 5.69. The number of benzene rings is 2. The number of hydrogen-bond donors (Lipinski definition) is 1. The number of aryl methyl sites for hydroxylation is 1. The molecule has 4 nitrogen and oxygen atoms in total. The number of fused-ring (bicyclic) bond motifs is 1. The number of hydrogen-bond acceptors (Lipinski definition) is 5. The van der Waals surface area contributed by atoms with Crippen LogP contribution >= 0.6 is 11.3 Å². The van der Waals surface area contributed by atoms with Crippen molar-refractivity contribution in [3.63, 3.8) is 0 Å². The first-order chi connectivity index (χ1) is 15.5. The molecule has 4 aromatic rings. The van der Waals surface area contributed by atoms with Crippen molar-refractivity contribution < 1.29 is 31.1 Å². The molecule has 0 saturated carbocycles. The van der Waals surface area contributed by atoms with Gasteiger partial charge in [-0.25, -0.2) is 9.97 Å². The van der Waals surface area contributed by atoms with Gasteiger partial charge in [0, 0.05) is 16.6 Å². The Bertz CT molecular complexity index is 1280. The molecule has 4 rings (SSSR count). The Morgan fingerprint density at radius 2 is 1.48 bits per heavy atom. The van der Waals surface area contributed by atoms with Crippen molar-refractivity contribution in [2.24, 2.45) is 0 Å². The second-order valence-corrected chi connectivity index (χ2v) is 7.96. The maximum atomic E-state index is 13.3. The first-order valence-corrected chi connectivity index (χ1v) is 10.3. The van der Waals surface area contributed by atoms with Crippen molar-refractivity contribution in [3.8, 4) is 16.9 Å². The van der Waals surface area contributed by atoms with Gasteiger partial charge in [0.15, 0.2) is 0 Å². The van der Waals surface area contributed by atoms with E-state index >= 15 is 0 Å². The highest BCUT2D eigenvalue weighted by Crippen LogP contribution is 2.41. The standard InChI is InChI=1S/C22H15F6N3OS/c1-11-29-19(31-15-8-13(21(23,24)25)7-14(9-15)22(26,27)28)18-17(10-33-20(18)30-11)12-3-5-16(32-2)6-4-12/h3-10H,1-2H3,(H,29,30,31). The van der Waals surface area contributed by atoms with E-state index in [-0.39, 0.29) is 17.6 Å². The van der Waals surface area contributed by atoms with Crippen LogP contribution in [0, 0.1) is 6.92 Å². The van der Waals surface area contributed by atoms with E-state index in [0.717, 1.165) is 5.56 Å². The van der Waals surface area contributed by atoms with Gasteiger partial charge < -0.3 is 10.1 Å². The summed E-state index contributed by atoms with van der Waals surface area (Å²) in [6.45, 7) is 1.59. The minimum atomic E-state index is -4.95. The highest BCUT2D eigenvalue weighted by molar-refractivity contribution is 7.17. The highest BCUT2D eigenvalue weighted by atomic mass is 32.1. The molecule has 0 saturated heterocycles. The number of anilines is 2. The van der Waals surface area contributed by atoms with Gasteiger partial charge in [-0.1, -0.05) is 12.1 Å². The molecule has 2 aromatic heterocycles. The van der Waals surface area contributed by atoms with Crippen LogP contribution in [0.1, 0.15) is 17.0 Å². The first-order valence-electron chi connectivity index (χ1n) is 9.42. The van der Waals surface area contributed by atoms with E-state index in [1.807, 2.05) is 0 Å². The lowest BCUT2D eigenvalue weighted by Gasteiger charge is -2.16. The maximum absolute atomic E-state index is 13.3. The van der Waals surface area contributed by atoms with Crippen LogP contribution in [0.2, 0.25) is 0 Å². The Morgan fingerprint density at radius 3 is 2.03 bits per heavy atom. The van der Waals surface area contributed by atoms with E-state index < -0.39 is 23.5 Å². The van der Waals surface area contributed by atoms with Crippen LogP contribution < -0.4 is 10.1 Å². The normalized spacial score (nSPS) is 12.2. The monoisotopic (exact) mass is 483 g/mol. The van der Waals surface area contributed by atoms with Crippen molar-refractivity contribution in [1.82, 2.24) is 9.97 Å². The molecule has 172 valence electrons. The fraction of sp³-hybridized carbons (Fsp3) is 0.182. The zero-order valence-electron chi connectivity index (χ0n) is 17.1. The molecule has 0 bridgehead atoms. The number of alkyl halides is 6. The zero-order valence-corrected chi connectivity index (χ0v) is 17.9. The van der Waals surface area contributed by atoms with Crippen LogP contribution in [0.4, 0.5) is 37.8 Å². The Hall–Kier alpha value is -3.34. The molecule has 0 aliphatic carbocycles. The molecule has 2 heterocycles. The second-order valence-electron chi connectivity index (χ2n) is 7.10. The SMILES string of the molecule is COc1ccc(-c2csc3nc(C)nc(Nc4cc(C(F)(F)F)cc(C(F)(F)F)c4)c23)cc1. The molecular formula is C22H15F6N3OS. The van der Waals surface area contributed by atoms with Crippen LogP contribution in [0.5, 0.6) is 5.75 Å². The summed E-state index contributed by atoms with van der Waals surface area (Å²) in [4.78, 5) is 9.16. The number of nitrogens with one attached hydrogen (secondary N) is 1. The third kappa shape index (κ3) is 4.72. The van der Waals surface area contributed by atoms with Gasteiger partial charge >= 0.3 is 12.4 Å². The molecular weight excluding hydrogens is 468 g/mol. The molecule has 1 N–H and O–H groups in total. The summed E-state index contributed by atoms with van der Waals surface area (Å²) >= 11 is 1.29. The summed E-state index contributed by atoms with van der Waals surface area (Å²) in [5, 5.41) is 4.95. The van der Waals surface area contributed by atoms with E-state index in [9.17, 15) is 26.3 Å². The summed E-state index contributed by atoms with van der Waals surface area (Å²) in [6.07, 6.45) is -9.91. The minimum absolute atomic E-state index is 0.0827. The number of methoxy groups -OCH3 is 1. The lowest BCUT2D eigenvalue weighted by molar-refractivity contribution is -0.143. The number of ether oxygens (including phenoxy) is 1. The Morgan fingerprint density at radius 1 is 0.879 bits per heavy atom. The minimum Gasteiger partial charge on any atom is -0.497 e. The van der Waals surface area contributed by atoms with Crippen LogP contribution in [-0.2, 0) is 12.4 Å². The van der Waals surface area contributed by atoms with E-state index in [1.165, 1.54) is 18.4 Å². The van der Waals surface area contributed by atoms with Crippen LogP contribution in [0.25, 0.3) is 21.3 Å². The topological polar surface area (TPSA) is 47.0 Å². The highest BCUT2D eigenvalue weighted by Gasteiger charge is 2.37. The molecule has 0 aliphatic rings. The zero-order chi connectivity index (χ0) is 24.0. The number of halogens is 6. The van der Waals surface area contributed by atoms with Gasteiger partial charge in [-0.05, 0) is 42.8 Å². The van der Waals surface area contributed by atoms with Crippen LogP contribution in [0.3, 0.4) is 0 Å². The summed E-state index contributed by atoms with van der Waals surface area (Å²) in [7, 11) is 1.53. The predicted molar refractivity (Wildman–Crippen MR) is 114 cm³/mol. The van der Waals surface area contributed by atoms with Gasteiger partial charge in [-0.2, -0.15) is 26.3 Å². The molecule has 2 aromatic carbocycles. The fourth-order valence-electron chi connectivity index (χ4n) is 3.29. The van der Waals surface area contributed by atoms with Crippen molar-refractivity contribution in [3.05, 3.63) is 64.8 Å². The number of rotatable bonds is 4. The third-order valence-electron chi connectivity index (χ3n) is 4.80. The summed E-state index contributed by atoms with van der Waals surface area (Å²) in [5.74, 6) is 1.06. The predicted octanol–water partition coefficient (Wildman–Crippen LogP) is 7.46. The van der Waals surface area contributed by atoms with E-state index in [1.54, 1.807) is 36.6 Å². The van der Waals surface area contributed by atoms with Crippen molar-refractivity contribution in [2.45, 2.75) is 19.3 Å². The molecule has 0 aliphatic heterocycles. The van der Waals surface area contributed by atoms with Gasteiger partial charge in [-0.15, -0.1) is 11.3 Å². The molecule has 11 heteroatoms. The molecule has 33 heavy (non-hydrogen) atoms. The molecule has 0 spiro atoms. The molecule has 0 amide bonds. The van der Waals surface area contributed by atoms with Crippen LogP contribution in [-0.4, -0.2) is 17.1 Å². The Labute approximate surface area is 187 Å². The van der Waals surface area contributed by atoms with Gasteiger partial charge in [0.25, 0.3) is 0 Å². The molecule has 0 atom stereocenters. The summed E-state index contributed by atoms with van der Waals surface area (Å²) in [5.41, 5.74) is -1.77. The first kappa shape index (κ1) is 22.8. The van der Waals surface area contributed by atoms with Gasteiger partial charge in [0.1, 0.15) is 22.2 Å². The quantitative estimate of drug-likeness (QED) is 0.306. The van der Waals surface area contributed by atoms with E-state index in [4.69, 9.17) is 4.74 Å². The van der Waals surface area contributed by atoms with Gasteiger partial charge in [0.05, 0.1) is 23.6 Å². The maximum Gasteiger partial charge on any atom is 0.416 e. The fourth-order valence-corrected chi connectivity index (χ4v) is 4.28. The summed E-state index contributed by atoms with van der Waals surface area (Å²) in [6, 6.07) is 8.38. The number of nitrogens with zero attached hydrogens (tertiary/aromatic N) is 2. The average Bonchev–Trinajstić information content (AvgIpc) is 3.16. The lowest BCUT2D eigenvalue weighted by Crippen LogP contribution is -2.12. The molecule has 0 radical (unpaired) electrons. The van der Waals surface area contributed by atoms with Crippen molar-refractivity contribution in [1.29, 1.82) is 0 Å². The summed E-state index contributed by atoms with van der Waals surface area (Å²) < 4.78 is 84.7. The largest absolute Gasteiger partial charge is 0.497 e. The van der Waals surface area contributed by atoms with Crippen molar-refractivity contribution in [2.75, 3.05) is 12.4 Å². The number of aromatic nitrogens is 2. The molecule has 0 fully saturated rings. The Balaban J connectivity index is 1.86. The van der Waals surface area contributed by atoms with Gasteiger partial charge in [0.2, 0.25) is 0 Å². The molecule has 0 unspecified atom stereocenters. The van der Waals surface area contributed by atoms with Crippen LogP contribution in [0.15, 0.2) is 47.8 Å². The van der Waals surface area contributed by atoms with Gasteiger partial charge in [-0.3, -0.25) is 0 Å². The van der Waals surface area contributed by atoms with E-state index in [2.05, 4.69) is 15.3 Å². The second kappa shape index (κ2) is 8.22. The van der Waals surface area contributed by atoms with Crippen molar-refractivity contribution >= 4 is 33.1 Å². The lowest BCUT2D eigenvalue weighted by atomic mass is 10.1. The smallest absolute Gasteiger partial charge is 0.416 e. The average molecular weight is 483 g/mol. The number of thiophene rings is 1. The third-order valence-corrected chi connectivity index (χ3v) is 5.67. The van der Waals surface area contributed by atoms with E-state index in [0.29, 0.717) is 39.5 Å².